The zero-order chi connectivity index (χ0) is 22.4. The van der Waals surface area contributed by atoms with E-state index in [2.05, 4.69) is 41.7 Å². The molecule has 1 aliphatic heterocycles. The number of nitrogens with one attached hydrogen (secondary N) is 1. The molecule has 2 aromatic rings. The van der Waals surface area contributed by atoms with Gasteiger partial charge in [-0.1, -0.05) is 19.1 Å². The van der Waals surface area contributed by atoms with Crippen LogP contribution < -0.4 is 14.4 Å². The smallest absolute Gasteiger partial charge is 0.260 e. The molecule has 3 rings (SSSR count). The fraction of sp³-hybridized carbons (Fsp3) is 0.435. The minimum absolute atomic E-state index is 0.0658. The third-order valence-corrected chi connectivity index (χ3v) is 7.06. The van der Waals surface area contributed by atoms with Crippen LogP contribution in [0.25, 0.3) is 0 Å². The second kappa shape index (κ2) is 10.2. The molecule has 2 aromatic carbocycles. The zero-order valence-electron chi connectivity index (χ0n) is 18.4. The number of sulfonamides is 1. The van der Waals surface area contributed by atoms with Gasteiger partial charge >= 0.3 is 0 Å². The fourth-order valence-corrected chi connectivity index (χ4v) is 4.68. The quantitative estimate of drug-likeness (QED) is 0.676. The average molecular weight is 446 g/mol. The predicted molar refractivity (Wildman–Crippen MR) is 122 cm³/mol. The zero-order valence-corrected chi connectivity index (χ0v) is 19.2. The third kappa shape index (κ3) is 5.77. The first-order valence-electron chi connectivity index (χ1n) is 10.6. The number of hydrogen-bond acceptors (Lipinski definition) is 5. The van der Waals surface area contributed by atoms with Crippen LogP contribution in [0.1, 0.15) is 24.5 Å². The minimum Gasteiger partial charge on any atom is -0.484 e. The van der Waals surface area contributed by atoms with Crippen LogP contribution in [0.15, 0.2) is 47.4 Å². The Labute approximate surface area is 185 Å². The van der Waals surface area contributed by atoms with Crippen molar-refractivity contribution >= 4 is 21.6 Å². The van der Waals surface area contributed by atoms with Crippen molar-refractivity contribution in [3.8, 4) is 5.75 Å². The summed E-state index contributed by atoms with van der Waals surface area (Å²) in [7, 11) is -3.51. The number of hydrogen-bond donors (Lipinski definition) is 1. The first-order chi connectivity index (χ1) is 14.8. The van der Waals surface area contributed by atoms with Gasteiger partial charge in [0.15, 0.2) is 6.61 Å². The van der Waals surface area contributed by atoms with Crippen molar-refractivity contribution in [1.82, 2.24) is 9.62 Å². The number of aryl methyl sites for hydroxylation is 1. The van der Waals surface area contributed by atoms with Crippen LogP contribution in [0.2, 0.25) is 0 Å². The number of ether oxygens (including phenoxy) is 1. The molecule has 31 heavy (non-hydrogen) atoms. The van der Waals surface area contributed by atoms with Crippen molar-refractivity contribution in [2.24, 2.45) is 0 Å². The fourth-order valence-electron chi connectivity index (χ4n) is 3.55. The third-order valence-electron chi connectivity index (χ3n) is 5.59. The van der Waals surface area contributed by atoms with Gasteiger partial charge in [0.1, 0.15) is 5.75 Å². The van der Waals surface area contributed by atoms with E-state index in [1.807, 2.05) is 11.8 Å². The van der Waals surface area contributed by atoms with Gasteiger partial charge in [-0.2, -0.15) is 0 Å². The summed E-state index contributed by atoms with van der Waals surface area (Å²) >= 11 is 0. The van der Waals surface area contributed by atoms with Gasteiger partial charge in [-0.15, -0.1) is 0 Å². The Kier molecular flexibility index (Phi) is 7.56. The van der Waals surface area contributed by atoms with Gasteiger partial charge in [0.2, 0.25) is 10.0 Å². The molecule has 168 valence electrons. The highest BCUT2D eigenvalue weighted by Gasteiger charge is 2.22. The summed E-state index contributed by atoms with van der Waals surface area (Å²) in [4.78, 5) is 16.9. The molecule has 0 bridgehead atoms. The Hall–Kier alpha value is -2.58. The van der Waals surface area contributed by atoms with E-state index in [1.165, 1.54) is 28.9 Å². The highest BCUT2D eigenvalue weighted by molar-refractivity contribution is 7.89. The van der Waals surface area contributed by atoms with Crippen molar-refractivity contribution in [1.29, 1.82) is 0 Å². The van der Waals surface area contributed by atoms with Crippen molar-refractivity contribution in [3.63, 3.8) is 0 Å². The van der Waals surface area contributed by atoms with Crippen molar-refractivity contribution in [2.45, 2.75) is 32.1 Å². The molecule has 1 N–H and O–H groups in total. The van der Waals surface area contributed by atoms with Gasteiger partial charge in [-0.05, 0) is 61.7 Å². The van der Waals surface area contributed by atoms with Crippen LogP contribution in [0.4, 0.5) is 5.69 Å². The maximum absolute atomic E-state index is 12.6. The lowest BCUT2D eigenvalue weighted by atomic mass is 10.1. The molecule has 7 nitrogen and oxygen atoms in total. The van der Waals surface area contributed by atoms with Crippen molar-refractivity contribution < 1.29 is 17.9 Å². The van der Waals surface area contributed by atoms with E-state index < -0.39 is 10.0 Å². The molecule has 0 unspecified atom stereocenters. The van der Waals surface area contributed by atoms with Gasteiger partial charge in [0.05, 0.1) is 4.90 Å². The lowest BCUT2D eigenvalue weighted by Crippen LogP contribution is -2.50. The maximum atomic E-state index is 12.6. The van der Waals surface area contributed by atoms with Crippen LogP contribution in [0, 0.1) is 13.8 Å². The standard InChI is InChI=1S/C23H31N3O4S/c1-4-12-24-31(28,29)21-10-8-20(9-11-21)30-17-23(27)26-15-13-25(14-16-26)22-7-5-6-18(2)19(22)3/h5-11,24H,4,12-17H2,1-3H3. The van der Waals surface area contributed by atoms with Crippen LogP contribution in [-0.4, -0.2) is 58.6 Å². The summed E-state index contributed by atoms with van der Waals surface area (Å²) in [5.41, 5.74) is 3.78. The van der Waals surface area contributed by atoms with Crippen molar-refractivity contribution in [3.05, 3.63) is 53.6 Å². The average Bonchev–Trinajstić information content (AvgIpc) is 2.78. The summed E-state index contributed by atoms with van der Waals surface area (Å²) in [6.45, 7) is 9.34. The lowest BCUT2D eigenvalue weighted by Gasteiger charge is -2.37. The molecule has 1 heterocycles. The lowest BCUT2D eigenvalue weighted by molar-refractivity contribution is -0.133. The van der Waals surface area contributed by atoms with E-state index >= 15 is 0 Å². The molecule has 0 aromatic heterocycles. The number of anilines is 1. The normalized spacial score (nSPS) is 14.5. The van der Waals surface area contributed by atoms with E-state index in [0.29, 0.717) is 25.4 Å². The molecule has 0 saturated carbocycles. The van der Waals surface area contributed by atoms with Crippen LogP contribution in [-0.2, 0) is 14.8 Å². The number of piperazine rings is 1. The Morgan fingerprint density at radius 3 is 2.35 bits per heavy atom. The number of nitrogens with zero attached hydrogens (tertiary/aromatic N) is 2. The van der Waals surface area contributed by atoms with E-state index in [1.54, 1.807) is 12.1 Å². The molecule has 1 aliphatic rings. The van der Waals surface area contributed by atoms with Gasteiger partial charge in [-0.3, -0.25) is 4.79 Å². The number of carbonyl (C=O) groups excluding carboxylic acids is 1. The van der Waals surface area contributed by atoms with Crippen LogP contribution in [0.5, 0.6) is 5.75 Å². The molecule has 1 saturated heterocycles. The van der Waals surface area contributed by atoms with Gasteiger partial charge in [-0.25, -0.2) is 13.1 Å². The Morgan fingerprint density at radius 1 is 1.03 bits per heavy atom. The van der Waals surface area contributed by atoms with E-state index in [9.17, 15) is 13.2 Å². The molecule has 0 radical (unpaired) electrons. The molecule has 1 amide bonds. The number of amides is 1. The number of rotatable bonds is 8. The molecular weight excluding hydrogens is 414 g/mol. The monoisotopic (exact) mass is 445 g/mol. The first-order valence-corrected chi connectivity index (χ1v) is 12.1. The largest absolute Gasteiger partial charge is 0.484 e. The van der Waals surface area contributed by atoms with Crippen LogP contribution >= 0.6 is 0 Å². The second-order valence-electron chi connectivity index (χ2n) is 7.74. The molecule has 0 spiro atoms. The molecule has 8 heteroatoms. The van der Waals surface area contributed by atoms with Crippen LogP contribution in [0.3, 0.4) is 0 Å². The molecular formula is C23H31N3O4S. The summed E-state index contributed by atoms with van der Waals surface area (Å²) in [6.07, 6.45) is 0.724. The molecule has 0 aliphatic carbocycles. The van der Waals surface area contributed by atoms with Gasteiger partial charge in [0.25, 0.3) is 5.91 Å². The van der Waals surface area contributed by atoms with Gasteiger partial charge in [0, 0.05) is 38.4 Å². The molecule has 1 fully saturated rings. The summed E-state index contributed by atoms with van der Waals surface area (Å²) in [6, 6.07) is 12.4. The second-order valence-corrected chi connectivity index (χ2v) is 9.51. The summed E-state index contributed by atoms with van der Waals surface area (Å²) < 4.78 is 32.4. The Morgan fingerprint density at radius 2 is 1.71 bits per heavy atom. The predicted octanol–water partition coefficient (Wildman–Crippen LogP) is 2.72. The SMILES string of the molecule is CCCNS(=O)(=O)c1ccc(OCC(=O)N2CCN(c3cccc(C)c3C)CC2)cc1. The topological polar surface area (TPSA) is 78.9 Å². The Bertz CT molecular complexity index is 998. The minimum atomic E-state index is -3.51. The highest BCUT2D eigenvalue weighted by atomic mass is 32.2. The van der Waals surface area contributed by atoms with E-state index in [-0.39, 0.29) is 17.4 Å². The number of benzene rings is 2. The summed E-state index contributed by atoms with van der Waals surface area (Å²) in [5.74, 6) is 0.402. The molecule has 0 atom stereocenters. The highest BCUT2D eigenvalue weighted by Crippen LogP contribution is 2.24. The number of carbonyl (C=O) groups is 1. The van der Waals surface area contributed by atoms with Gasteiger partial charge < -0.3 is 14.5 Å². The van der Waals surface area contributed by atoms with Crippen molar-refractivity contribution in [2.75, 3.05) is 44.2 Å². The van der Waals surface area contributed by atoms with E-state index in [4.69, 9.17) is 4.74 Å². The summed E-state index contributed by atoms with van der Waals surface area (Å²) in [5, 5.41) is 0. The Balaban J connectivity index is 1.50. The maximum Gasteiger partial charge on any atom is 0.260 e. The van der Waals surface area contributed by atoms with E-state index in [0.717, 1.165) is 19.5 Å². The first kappa shape index (κ1) is 23.1.